The summed E-state index contributed by atoms with van der Waals surface area (Å²) < 4.78 is 54.2. The van der Waals surface area contributed by atoms with E-state index in [0.29, 0.717) is 65.7 Å². The van der Waals surface area contributed by atoms with Crippen LogP contribution in [0.1, 0.15) is 152 Å². The summed E-state index contributed by atoms with van der Waals surface area (Å²) in [5.41, 5.74) is 5.14. The highest BCUT2D eigenvalue weighted by Crippen LogP contribution is 2.54. The van der Waals surface area contributed by atoms with Crippen molar-refractivity contribution >= 4 is 41.9 Å². The molecule has 0 radical (unpaired) electrons. The van der Waals surface area contributed by atoms with Crippen molar-refractivity contribution in [3.05, 3.63) is 47.7 Å². The van der Waals surface area contributed by atoms with Crippen LogP contribution in [0.4, 0.5) is 19.4 Å². The SMILES string of the molecule is CCc1c(F)ccc2cc(O[Si](C(C)C)(C(C)C)C(C)C)cc(-c3ncc4c(N5CCC[C@@](C)(O)C5)nc(OC[C@@]56CCCN5[C@H](CC(OC(N)=O)(C5CCC(CO)CC5)C(C)(C)C)CC6)nc4c3F)c12. The molecule has 1 unspecified atom stereocenters. The molecule has 0 bridgehead atoms. The van der Waals surface area contributed by atoms with Crippen LogP contribution >= 0.6 is 0 Å². The summed E-state index contributed by atoms with van der Waals surface area (Å²) in [4.78, 5) is 32.1. The number of primary amides is 1. The molecule has 2 aromatic heterocycles. The van der Waals surface area contributed by atoms with Crippen LogP contribution in [0.5, 0.6) is 11.8 Å². The van der Waals surface area contributed by atoms with E-state index in [2.05, 4.69) is 67.2 Å². The first-order chi connectivity index (χ1) is 33.5. The first-order valence-electron chi connectivity index (χ1n) is 26.8. The van der Waals surface area contributed by atoms with Gasteiger partial charge in [0.1, 0.15) is 40.8 Å². The average Bonchev–Trinajstić information content (AvgIpc) is 3.88. The standard InChI is InChI=1S/C56H82F2N6O6Si/c1-12-42-45(57)20-17-38-27-41(70-71(34(2)3,35(4)5)36(6)7)28-43(46(38)42)48-47(58)49-44(30-60-48)50(63-25-13-22-54(11,67)32-63)62-52(61-49)68-33-55-23-14-26-64(55)40(21-24-55)29-56(53(8,9)10,69-51(59)66)39-18-15-37(31-65)16-19-39/h17,20,27-28,30,34-37,39-40,65,67H,12-16,18-19,21-26,29,31-33H2,1-11H3,(H2,59,66)/t37?,39?,40-,54+,55-,56?/m0/s1. The molecular formula is C56H82F2N6O6Si. The zero-order chi connectivity index (χ0) is 51.4. The minimum absolute atomic E-state index is 0.0314. The van der Waals surface area contributed by atoms with E-state index < -0.39 is 36.8 Å². The van der Waals surface area contributed by atoms with Crippen LogP contribution in [-0.4, -0.2) is 100 Å². The first-order valence-corrected chi connectivity index (χ1v) is 28.9. The second-order valence-electron chi connectivity index (χ2n) is 24.1. The Morgan fingerprint density at radius 1 is 0.958 bits per heavy atom. The Balaban J connectivity index is 1.20. The minimum atomic E-state index is -2.48. The average molecular weight is 1000 g/mol. The fourth-order valence-electron chi connectivity index (χ4n) is 14.3. The fraction of sp³-hybridized carbons (Fsp3) is 0.679. The number of fused-ring (bicyclic) bond motifs is 3. The van der Waals surface area contributed by atoms with Crippen molar-refractivity contribution < 1.29 is 37.7 Å². The molecule has 1 aliphatic carbocycles. The summed E-state index contributed by atoms with van der Waals surface area (Å²) in [6, 6.07) is 7.16. The monoisotopic (exact) mass is 1000 g/mol. The Labute approximate surface area is 422 Å². The second kappa shape index (κ2) is 20.3. The predicted octanol–water partition coefficient (Wildman–Crippen LogP) is 12.0. The van der Waals surface area contributed by atoms with Gasteiger partial charge in [0, 0.05) is 49.3 Å². The fourth-order valence-corrected chi connectivity index (χ4v) is 19.5. The molecule has 3 saturated heterocycles. The van der Waals surface area contributed by atoms with E-state index in [9.17, 15) is 15.0 Å². The summed E-state index contributed by atoms with van der Waals surface area (Å²) in [5.74, 6) is 0.349. The molecule has 4 aromatic rings. The number of halogens is 2. The van der Waals surface area contributed by atoms with E-state index in [1.54, 1.807) is 12.3 Å². The lowest BCUT2D eigenvalue weighted by molar-refractivity contribution is -0.136. The van der Waals surface area contributed by atoms with E-state index in [0.717, 1.165) is 63.3 Å². The Morgan fingerprint density at radius 2 is 1.65 bits per heavy atom. The highest BCUT2D eigenvalue weighted by Gasteiger charge is 2.58. The topological polar surface area (TPSA) is 156 Å². The highest BCUT2D eigenvalue weighted by atomic mass is 28.4. The Morgan fingerprint density at radius 3 is 2.27 bits per heavy atom. The molecule has 4 aliphatic rings. The van der Waals surface area contributed by atoms with Crippen molar-refractivity contribution in [2.75, 3.05) is 37.7 Å². The number of benzene rings is 2. The lowest BCUT2D eigenvalue weighted by Crippen LogP contribution is -2.58. The van der Waals surface area contributed by atoms with Gasteiger partial charge in [-0.3, -0.25) is 9.88 Å². The van der Waals surface area contributed by atoms with Crippen molar-refractivity contribution in [3.8, 4) is 23.0 Å². The zero-order valence-electron chi connectivity index (χ0n) is 44.5. The van der Waals surface area contributed by atoms with Crippen LogP contribution in [-0.2, 0) is 11.2 Å². The number of ether oxygens (including phenoxy) is 2. The van der Waals surface area contributed by atoms with Gasteiger partial charge in [-0.1, -0.05) is 75.3 Å². The van der Waals surface area contributed by atoms with Gasteiger partial charge in [-0.2, -0.15) is 9.97 Å². The summed E-state index contributed by atoms with van der Waals surface area (Å²) in [7, 11) is -2.48. The number of hydrogen-bond acceptors (Lipinski definition) is 11. The third-order valence-electron chi connectivity index (χ3n) is 17.7. The van der Waals surface area contributed by atoms with E-state index in [4.69, 9.17) is 34.6 Å². The lowest BCUT2D eigenvalue weighted by atomic mass is 9.61. The third-order valence-corrected chi connectivity index (χ3v) is 23.7. The van der Waals surface area contributed by atoms with Gasteiger partial charge in [0.05, 0.1) is 16.5 Å². The molecule has 2 aromatic carbocycles. The van der Waals surface area contributed by atoms with Gasteiger partial charge in [-0.25, -0.2) is 13.6 Å². The van der Waals surface area contributed by atoms with Gasteiger partial charge in [0.25, 0.3) is 8.32 Å². The number of pyridine rings is 1. The van der Waals surface area contributed by atoms with Crippen molar-refractivity contribution in [1.29, 1.82) is 0 Å². The number of carbonyl (C=O) groups is 1. The highest BCUT2D eigenvalue weighted by molar-refractivity contribution is 6.78. The molecule has 4 fully saturated rings. The predicted molar refractivity (Wildman–Crippen MR) is 281 cm³/mol. The number of aromatic nitrogens is 3. The van der Waals surface area contributed by atoms with E-state index >= 15 is 8.78 Å². The Bertz CT molecular complexity index is 2560. The Kier molecular flexibility index (Phi) is 15.2. The van der Waals surface area contributed by atoms with Crippen molar-refractivity contribution in [2.45, 2.75) is 193 Å². The molecular weight excluding hydrogens is 919 g/mol. The molecule has 5 heterocycles. The molecule has 1 saturated carbocycles. The molecule has 4 atom stereocenters. The molecule has 3 aliphatic heterocycles. The molecule has 8 rings (SSSR count). The van der Waals surface area contributed by atoms with Gasteiger partial charge in [-0.15, -0.1) is 0 Å². The van der Waals surface area contributed by atoms with Crippen molar-refractivity contribution in [2.24, 2.45) is 23.0 Å². The number of aliphatic hydroxyl groups excluding tert-OH is 1. The van der Waals surface area contributed by atoms with Gasteiger partial charge >= 0.3 is 12.1 Å². The van der Waals surface area contributed by atoms with E-state index in [1.807, 2.05) is 30.9 Å². The lowest BCUT2D eigenvalue weighted by Gasteiger charge is -2.52. The molecule has 12 nitrogen and oxygen atoms in total. The zero-order valence-corrected chi connectivity index (χ0v) is 45.5. The van der Waals surface area contributed by atoms with Gasteiger partial charge in [0.2, 0.25) is 0 Å². The maximum Gasteiger partial charge on any atom is 0.405 e. The summed E-state index contributed by atoms with van der Waals surface area (Å²) in [6.45, 7) is 25.6. The number of carbonyl (C=O) groups excluding carboxylic acids is 1. The van der Waals surface area contributed by atoms with Crippen molar-refractivity contribution in [1.82, 2.24) is 19.9 Å². The van der Waals surface area contributed by atoms with Crippen LogP contribution in [0, 0.1) is 28.9 Å². The third kappa shape index (κ3) is 9.87. The minimum Gasteiger partial charge on any atom is -0.543 e. The summed E-state index contributed by atoms with van der Waals surface area (Å²) >= 11 is 0. The van der Waals surface area contributed by atoms with Crippen LogP contribution in [0.25, 0.3) is 32.9 Å². The maximum absolute atomic E-state index is 18.0. The number of nitrogens with zero attached hydrogens (tertiary/aromatic N) is 5. The summed E-state index contributed by atoms with van der Waals surface area (Å²) in [6.07, 6.45) is 10.2. The molecule has 390 valence electrons. The number of piperidine rings is 1. The molecule has 4 N–H and O–H groups in total. The van der Waals surface area contributed by atoms with E-state index in [1.165, 1.54) is 6.07 Å². The molecule has 71 heavy (non-hydrogen) atoms. The second-order valence-corrected chi connectivity index (χ2v) is 29.4. The quantitative estimate of drug-likeness (QED) is 0.0918. The molecule has 15 heteroatoms. The molecule has 0 spiro atoms. The van der Waals surface area contributed by atoms with Crippen LogP contribution < -0.4 is 19.8 Å². The van der Waals surface area contributed by atoms with Crippen LogP contribution in [0.3, 0.4) is 0 Å². The normalized spacial score (nSPS) is 25.4. The Hall–Kier alpha value is -4.18. The number of aliphatic hydroxyl groups is 2. The number of amides is 1. The van der Waals surface area contributed by atoms with Crippen LogP contribution in [0.2, 0.25) is 16.6 Å². The first kappa shape index (κ1) is 53.1. The number of anilines is 1. The van der Waals surface area contributed by atoms with Gasteiger partial charge in [-0.05, 0) is 147 Å². The van der Waals surface area contributed by atoms with Gasteiger partial charge < -0.3 is 34.7 Å². The smallest absolute Gasteiger partial charge is 0.405 e. The number of aryl methyl sites for hydroxylation is 1. The number of β-amino-alcohol motifs (C(OH)–C–C–N with tert-alkyl or cyclic N) is 1. The van der Waals surface area contributed by atoms with Crippen molar-refractivity contribution in [3.63, 3.8) is 0 Å². The molecule has 1 amide bonds. The number of nitrogens with two attached hydrogens (primary N) is 1. The van der Waals surface area contributed by atoms with Gasteiger partial charge in [0.15, 0.2) is 5.82 Å². The largest absolute Gasteiger partial charge is 0.543 e. The summed E-state index contributed by atoms with van der Waals surface area (Å²) in [5, 5.41) is 23.0. The number of hydrogen-bond donors (Lipinski definition) is 3. The van der Waals surface area contributed by atoms with E-state index in [-0.39, 0.29) is 82.8 Å². The van der Waals surface area contributed by atoms with Crippen LogP contribution in [0.15, 0.2) is 30.5 Å². The number of rotatable bonds is 16. The maximum atomic E-state index is 18.0.